The molecule has 0 aromatic heterocycles. The standard InChI is InChI=1S/C34H36F7NO2/c35-29-8-6-24(7-9-29)25-12-16-42(17-13-25)30-10-14-32(15-11-30,26-4-2-1-3-5-26)21-31(43)44-22-23-18-27(33(36,37)38)20-28(19-23)34(39,40)41/h1-9,18-20,25,30-31,43H,10-17,21-22H2. The highest BCUT2D eigenvalue weighted by molar-refractivity contribution is 5.33. The average molecular weight is 624 g/mol. The monoisotopic (exact) mass is 623 g/mol. The first-order chi connectivity index (χ1) is 20.8. The molecule has 1 saturated heterocycles. The number of halogens is 7. The Morgan fingerprint density at radius 2 is 1.36 bits per heavy atom. The SMILES string of the molecule is OC(CC1(c2ccccc2)CCC(N2CCC(c3ccc(F)cc3)CC2)CC1)OCc1cc(C(F)(F)F)cc(C(F)(F)F)c1. The third-order valence-electron chi connectivity index (χ3n) is 9.34. The van der Waals surface area contributed by atoms with Crippen molar-refractivity contribution in [3.8, 4) is 0 Å². The third-order valence-corrected chi connectivity index (χ3v) is 9.34. The lowest BCUT2D eigenvalue weighted by Gasteiger charge is -2.46. The van der Waals surface area contributed by atoms with Gasteiger partial charge in [-0.15, -0.1) is 0 Å². The predicted octanol–water partition coefficient (Wildman–Crippen LogP) is 8.85. The van der Waals surface area contributed by atoms with Gasteiger partial charge < -0.3 is 14.7 Å². The summed E-state index contributed by atoms with van der Waals surface area (Å²) in [5.74, 6) is 0.159. The second kappa shape index (κ2) is 13.2. The van der Waals surface area contributed by atoms with Crippen molar-refractivity contribution in [2.45, 2.75) is 87.6 Å². The number of ether oxygens (including phenoxy) is 1. The molecule has 3 aromatic rings. The minimum absolute atomic E-state index is 0.0774. The van der Waals surface area contributed by atoms with Gasteiger partial charge in [-0.05, 0) is 105 Å². The minimum atomic E-state index is -4.96. The van der Waals surface area contributed by atoms with Crippen molar-refractivity contribution in [1.29, 1.82) is 0 Å². The van der Waals surface area contributed by atoms with Gasteiger partial charge in [0.15, 0.2) is 6.29 Å². The summed E-state index contributed by atoms with van der Waals surface area (Å²) in [6.45, 7) is 1.28. The summed E-state index contributed by atoms with van der Waals surface area (Å²) in [5.41, 5.74) is -1.41. The van der Waals surface area contributed by atoms with Gasteiger partial charge in [0.2, 0.25) is 0 Å². The van der Waals surface area contributed by atoms with Crippen molar-refractivity contribution in [1.82, 2.24) is 4.90 Å². The van der Waals surface area contributed by atoms with Gasteiger partial charge in [0.1, 0.15) is 5.82 Å². The van der Waals surface area contributed by atoms with E-state index in [0.29, 0.717) is 24.1 Å². The van der Waals surface area contributed by atoms with Crippen LogP contribution >= 0.6 is 0 Å². The highest BCUT2D eigenvalue weighted by Gasteiger charge is 2.41. The first-order valence-corrected chi connectivity index (χ1v) is 15.0. The Morgan fingerprint density at radius 1 is 0.795 bits per heavy atom. The number of benzene rings is 3. The summed E-state index contributed by atoms with van der Waals surface area (Å²) in [4.78, 5) is 2.51. The number of piperidine rings is 1. The molecule has 1 heterocycles. The Bertz CT molecular complexity index is 1330. The number of hydrogen-bond donors (Lipinski definition) is 1. The van der Waals surface area contributed by atoms with Crippen molar-refractivity contribution in [3.05, 3.63) is 106 Å². The number of rotatable bonds is 8. The molecular weight excluding hydrogens is 587 g/mol. The van der Waals surface area contributed by atoms with Crippen molar-refractivity contribution in [3.63, 3.8) is 0 Å². The molecule has 10 heteroatoms. The number of hydrogen-bond acceptors (Lipinski definition) is 3. The van der Waals surface area contributed by atoms with E-state index in [2.05, 4.69) is 4.90 Å². The minimum Gasteiger partial charge on any atom is -0.368 e. The fourth-order valence-corrected chi connectivity index (χ4v) is 6.94. The van der Waals surface area contributed by atoms with Crippen LogP contribution in [0.3, 0.4) is 0 Å². The lowest BCUT2D eigenvalue weighted by molar-refractivity contribution is -0.143. The average Bonchev–Trinajstić information content (AvgIpc) is 3.00. The summed E-state index contributed by atoms with van der Waals surface area (Å²) >= 11 is 0. The molecule has 0 spiro atoms. The van der Waals surface area contributed by atoms with Gasteiger partial charge in [-0.1, -0.05) is 42.5 Å². The first kappa shape index (κ1) is 32.4. The molecule has 238 valence electrons. The molecule has 2 aliphatic rings. The Kier molecular flexibility index (Phi) is 9.72. The van der Waals surface area contributed by atoms with Crippen LogP contribution in [0.15, 0.2) is 72.8 Å². The summed E-state index contributed by atoms with van der Waals surface area (Å²) in [5, 5.41) is 10.9. The maximum atomic E-state index is 13.3. The molecule has 0 bridgehead atoms. The summed E-state index contributed by atoms with van der Waals surface area (Å²) in [6.07, 6.45) is -5.89. The maximum Gasteiger partial charge on any atom is 0.416 e. The molecule has 1 aliphatic carbocycles. The fraction of sp³-hybridized carbons (Fsp3) is 0.471. The van der Waals surface area contributed by atoms with Crippen LogP contribution in [0.5, 0.6) is 0 Å². The molecule has 3 nitrogen and oxygen atoms in total. The van der Waals surface area contributed by atoms with E-state index in [4.69, 9.17) is 4.74 Å². The highest BCUT2D eigenvalue weighted by Crippen LogP contribution is 2.45. The van der Waals surface area contributed by atoms with Crippen LogP contribution in [-0.4, -0.2) is 35.4 Å². The van der Waals surface area contributed by atoms with Crippen molar-refractivity contribution in [2.75, 3.05) is 13.1 Å². The topological polar surface area (TPSA) is 32.7 Å². The van der Waals surface area contributed by atoms with E-state index in [1.165, 1.54) is 12.1 Å². The zero-order valence-corrected chi connectivity index (χ0v) is 24.2. The molecule has 1 N–H and O–H groups in total. The molecule has 0 amide bonds. The Hall–Kier alpha value is -2.95. The lowest BCUT2D eigenvalue weighted by atomic mass is 9.65. The van der Waals surface area contributed by atoms with Crippen LogP contribution in [0.4, 0.5) is 30.7 Å². The zero-order valence-electron chi connectivity index (χ0n) is 24.2. The van der Waals surface area contributed by atoms with Crippen LogP contribution in [0, 0.1) is 5.82 Å². The van der Waals surface area contributed by atoms with Gasteiger partial charge >= 0.3 is 12.4 Å². The smallest absolute Gasteiger partial charge is 0.368 e. The van der Waals surface area contributed by atoms with Crippen molar-refractivity contribution >= 4 is 0 Å². The molecule has 3 aromatic carbocycles. The van der Waals surface area contributed by atoms with Gasteiger partial charge in [-0.2, -0.15) is 26.3 Å². The zero-order chi connectivity index (χ0) is 31.5. The number of likely N-dealkylation sites (tertiary alicyclic amines) is 1. The van der Waals surface area contributed by atoms with Crippen LogP contribution < -0.4 is 0 Å². The quantitative estimate of drug-likeness (QED) is 0.201. The van der Waals surface area contributed by atoms with Crippen LogP contribution in [0.25, 0.3) is 0 Å². The largest absolute Gasteiger partial charge is 0.416 e. The molecule has 44 heavy (non-hydrogen) atoms. The normalized spacial score (nSPS) is 23.0. The lowest BCUT2D eigenvalue weighted by Crippen LogP contribution is -2.46. The van der Waals surface area contributed by atoms with Gasteiger partial charge in [-0.3, -0.25) is 0 Å². The molecule has 1 saturated carbocycles. The van der Waals surface area contributed by atoms with Crippen LogP contribution in [0.1, 0.15) is 78.7 Å². The van der Waals surface area contributed by atoms with E-state index in [9.17, 15) is 35.8 Å². The van der Waals surface area contributed by atoms with Crippen LogP contribution in [-0.2, 0) is 29.1 Å². The molecular formula is C34H36F7NO2. The van der Waals surface area contributed by atoms with Crippen LogP contribution in [0.2, 0.25) is 0 Å². The summed E-state index contributed by atoms with van der Waals surface area (Å²) in [6, 6.07) is 18.1. The molecule has 1 aliphatic heterocycles. The number of aliphatic hydroxyl groups is 1. The third kappa shape index (κ3) is 7.82. The van der Waals surface area contributed by atoms with Gasteiger partial charge in [0, 0.05) is 17.9 Å². The second-order valence-electron chi connectivity index (χ2n) is 12.1. The van der Waals surface area contributed by atoms with E-state index in [1.54, 1.807) is 0 Å². The highest BCUT2D eigenvalue weighted by atomic mass is 19.4. The number of nitrogens with zero attached hydrogens (tertiary/aromatic N) is 1. The van der Waals surface area contributed by atoms with E-state index in [-0.39, 0.29) is 23.9 Å². The second-order valence-corrected chi connectivity index (χ2v) is 12.1. The fourth-order valence-electron chi connectivity index (χ4n) is 6.94. The molecule has 2 fully saturated rings. The van der Waals surface area contributed by atoms with Gasteiger partial charge in [0.05, 0.1) is 17.7 Å². The number of alkyl halides is 6. The van der Waals surface area contributed by atoms with Gasteiger partial charge in [0.25, 0.3) is 0 Å². The maximum absolute atomic E-state index is 13.3. The molecule has 0 radical (unpaired) electrons. The van der Waals surface area contributed by atoms with E-state index in [1.807, 2.05) is 42.5 Å². The van der Waals surface area contributed by atoms with Crippen molar-refractivity contribution < 1.29 is 40.6 Å². The van der Waals surface area contributed by atoms with E-state index in [0.717, 1.165) is 62.7 Å². The molecule has 1 unspecified atom stereocenters. The van der Waals surface area contributed by atoms with Crippen molar-refractivity contribution in [2.24, 2.45) is 0 Å². The Balaban J connectivity index is 1.23. The Labute approximate surface area is 252 Å². The Morgan fingerprint density at radius 3 is 1.91 bits per heavy atom. The number of aliphatic hydroxyl groups excluding tert-OH is 1. The summed E-state index contributed by atoms with van der Waals surface area (Å²) in [7, 11) is 0. The molecule has 5 rings (SSSR count). The molecule has 1 atom stereocenters. The predicted molar refractivity (Wildman–Crippen MR) is 152 cm³/mol. The summed E-state index contributed by atoms with van der Waals surface area (Å²) < 4.78 is 98.6. The first-order valence-electron chi connectivity index (χ1n) is 15.0. The van der Waals surface area contributed by atoms with E-state index < -0.39 is 41.8 Å². The van der Waals surface area contributed by atoms with Gasteiger partial charge in [-0.25, -0.2) is 4.39 Å². The van der Waals surface area contributed by atoms with E-state index >= 15 is 0 Å².